The van der Waals surface area contributed by atoms with Gasteiger partial charge in [-0.15, -0.1) is 0 Å². The molecule has 0 radical (unpaired) electrons. The summed E-state index contributed by atoms with van der Waals surface area (Å²) in [7, 11) is 2.23. The highest BCUT2D eigenvalue weighted by Crippen LogP contribution is 2.31. The van der Waals surface area contributed by atoms with Crippen LogP contribution in [0.3, 0.4) is 0 Å². The maximum atomic E-state index is 3.45. The van der Waals surface area contributed by atoms with Crippen LogP contribution in [0, 0.1) is 0 Å². The summed E-state index contributed by atoms with van der Waals surface area (Å²) in [6, 6.07) is 9.41. The van der Waals surface area contributed by atoms with Gasteiger partial charge in [0.05, 0.1) is 0 Å². The summed E-state index contributed by atoms with van der Waals surface area (Å²) >= 11 is 0. The molecule has 1 atom stereocenters. The van der Waals surface area contributed by atoms with E-state index in [-0.39, 0.29) is 0 Å². The first-order valence-corrected chi connectivity index (χ1v) is 7.32. The topological polar surface area (TPSA) is 15.3 Å². The number of hydrogen-bond acceptors (Lipinski definition) is 2. The number of likely N-dealkylation sites (N-methyl/N-ethyl adjacent to an activating group) is 1. The summed E-state index contributed by atoms with van der Waals surface area (Å²) in [4.78, 5) is 2.45. The first kappa shape index (κ1) is 12.2. The van der Waals surface area contributed by atoms with Gasteiger partial charge in [0.25, 0.3) is 0 Å². The number of rotatable bonds is 2. The van der Waals surface area contributed by atoms with Crippen molar-refractivity contribution in [3.63, 3.8) is 0 Å². The van der Waals surface area contributed by atoms with E-state index in [0.717, 1.165) is 11.8 Å². The lowest BCUT2D eigenvalue weighted by Gasteiger charge is -2.24. The van der Waals surface area contributed by atoms with E-state index in [1.54, 1.807) is 11.1 Å². The van der Waals surface area contributed by atoms with Crippen LogP contribution in [0.4, 0.5) is 0 Å². The van der Waals surface area contributed by atoms with Gasteiger partial charge in [-0.1, -0.05) is 24.3 Å². The first-order valence-electron chi connectivity index (χ1n) is 7.32. The molecule has 3 rings (SSSR count). The average Bonchev–Trinajstić information content (AvgIpc) is 2.87. The van der Waals surface area contributed by atoms with Gasteiger partial charge in [0.1, 0.15) is 0 Å². The molecule has 18 heavy (non-hydrogen) atoms. The van der Waals surface area contributed by atoms with Crippen molar-refractivity contribution in [3.05, 3.63) is 35.4 Å². The van der Waals surface area contributed by atoms with Crippen LogP contribution in [0.1, 0.15) is 42.2 Å². The third-order valence-electron chi connectivity index (χ3n) is 4.58. The quantitative estimate of drug-likeness (QED) is 0.860. The number of likely N-dealkylation sites (tertiary alicyclic amines) is 1. The van der Waals surface area contributed by atoms with E-state index >= 15 is 0 Å². The van der Waals surface area contributed by atoms with Crippen molar-refractivity contribution >= 4 is 0 Å². The van der Waals surface area contributed by atoms with Gasteiger partial charge in [0, 0.05) is 6.54 Å². The molecule has 1 aromatic carbocycles. The molecule has 0 spiro atoms. The minimum Gasteiger partial charge on any atom is -0.317 e. The smallest absolute Gasteiger partial charge is 0.00477 e. The van der Waals surface area contributed by atoms with Gasteiger partial charge in [-0.25, -0.2) is 0 Å². The Balaban J connectivity index is 1.76. The molecular weight excluding hydrogens is 220 g/mol. The fourth-order valence-electron chi connectivity index (χ4n) is 3.43. The second-order valence-electron chi connectivity index (χ2n) is 5.94. The molecule has 98 valence electrons. The molecule has 2 saturated heterocycles. The van der Waals surface area contributed by atoms with E-state index in [4.69, 9.17) is 0 Å². The summed E-state index contributed by atoms with van der Waals surface area (Å²) in [6.45, 7) is 4.85. The van der Waals surface area contributed by atoms with Gasteiger partial charge in [0.2, 0.25) is 0 Å². The maximum Gasteiger partial charge on any atom is 0.00477 e. The van der Waals surface area contributed by atoms with Crippen molar-refractivity contribution < 1.29 is 0 Å². The van der Waals surface area contributed by atoms with Gasteiger partial charge in [0.15, 0.2) is 0 Å². The largest absolute Gasteiger partial charge is 0.317 e. The Kier molecular flexibility index (Phi) is 3.67. The van der Waals surface area contributed by atoms with Crippen LogP contribution in [0.5, 0.6) is 0 Å². The number of benzene rings is 1. The van der Waals surface area contributed by atoms with Gasteiger partial charge >= 0.3 is 0 Å². The van der Waals surface area contributed by atoms with Crippen LogP contribution in [0.15, 0.2) is 24.3 Å². The molecule has 2 aliphatic rings. The number of nitrogens with zero attached hydrogens (tertiary/aromatic N) is 1. The highest BCUT2D eigenvalue weighted by atomic mass is 15.1. The summed E-state index contributed by atoms with van der Waals surface area (Å²) in [5.74, 6) is 1.54. The van der Waals surface area contributed by atoms with E-state index in [0.29, 0.717) is 0 Å². The molecular formula is C16H24N2. The lowest BCUT2D eigenvalue weighted by molar-refractivity contribution is 0.411. The van der Waals surface area contributed by atoms with Crippen LogP contribution in [0.25, 0.3) is 0 Å². The Morgan fingerprint density at radius 1 is 1.06 bits per heavy atom. The second kappa shape index (κ2) is 5.41. The van der Waals surface area contributed by atoms with Gasteiger partial charge in [-0.05, 0) is 68.9 Å². The fraction of sp³-hybridized carbons (Fsp3) is 0.625. The van der Waals surface area contributed by atoms with Crippen molar-refractivity contribution in [2.75, 3.05) is 33.2 Å². The lowest BCUT2D eigenvalue weighted by atomic mass is 9.87. The average molecular weight is 244 g/mol. The molecule has 0 aliphatic carbocycles. The van der Waals surface area contributed by atoms with E-state index < -0.39 is 0 Å². The Morgan fingerprint density at radius 3 is 2.44 bits per heavy atom. The predicted molar refractivity (Wildman–Crippen MR) is 76.1 cm³/mol. The molecule has 0 bridgehead atoms. The van der Waals surface area contributed by atoms with Crippen LogP contribution in [-0.4, -0.2) is 38.1 Å². The minimum absolute atomic E-state index is 0.761. The highest BCUT2D eigenvalue weighted by molar-refractivity contribution is 5.30. The molecule has 2 aliphatic heterocycles. The van der Waals surface area contributed by atoms with E-state index in [1.165, 1.54) is 45.4 Å². The lowest BCUT2D eigenvalue weighted by Crippen LogP contribution is -2.26. The molecule has 1 aromatic rings. The molecule has 0 amide bonds. The van der Waals surface area contributed by atoms with E-state index in [2.05, 4.69) is 41.5 Å². The van der Waals surface area contributed by atoms with E-state index in [1.807, 2.05) is 0 Å². The fourth-order valence-corrected chi connectivity index (χ4v) is 3.43. The predicted octanol–water partition coefficient (Wildman–Crippen LogP) is 2.57. The number of nitrogens with one attached hydrogen (secondary N) is 1. The molecule has 2 heterocycles. The van der Waals surface area contributed by atoms with Gasteiger partial charge < -0.3 is 10.2 Å². The summed E-state index contributed by atoms with van der Waals surface area (Å²) in [5.41, 5.74) is 3.14. The number of hydrogen-bond donors (Lipinski definition) is 1. The van der Waals surface area contributed by atoms with Crippen LogP contribution in [0.2, 0.25) is 0 Å². The normalized spacial score (nSPS) is 26.6. The highest BCUT2D eigenvalue weighted by Gasteiger charge is 2.22. The molecule has 2 nitrogen and oxygen atoms in total. The molecule has 0 saturated carbocycles. The van der Waals surface area contributed by atoms with Crippen molar-refractivity contribution in [1.29, 1.82) is 0 Å². The van der Waals surface area contributed by atoms with E-state index in [9.17, 15) is 0 Å². The summed E-state index contributed by atoms with van der Waals surface area (Å²) in [5, 5.41) is 3.45. The zero-order valence-electron chi connectivity index (χ0n) is 11.4. The maximum absolute atomic E-state index is 3.45. The Labute approximate surface area is 110 Å². The molecule has 2 fully saturated rings. The van der Waals surface area contributed by atoms with Gasteiger partial charge in [-0.2, -0.15) is 0 Å². The van der Waals surface area contributed by atoms with Crippen molar-refractivity contribution in [3.8, 4) is 0 Å². The van der Waals surface area contributed by atoms with Gasteiger partial charge in [-0.3, -0.25) is 0 Å². The standard InChI is InChI=1S/C16H24N2/c1-18-10-7-16(12-18)15-4-2-3-14(11-15)13-5-8-17-9-6-13/h2-4,11,13,16-17H,5-10,12H2,1H3. The second-order valence-corrected chi connectivity index (χ2v) is 5.94. The minimum atomic E-state index is 0.761. The summed E-state index contributed by atoms with van der Waals surface area (Å²) < 4.78 is 0. The summed E-state index contributed by atoms with van der Waals surface area (Å²) in [6.07, 6.45) is 3.92. The van der Waals surface area contributed by atoms with Crippen LogP contribution < -0.4 is 5.32 Å². The Hall–Kier alpha value is -0.860. The third-order valence-corrected chi connectivity index (χ3v) is 4.58. The van der Waals surface area contributed by atoms with Crippen LogP contribution >= 0.6 is 0 Å². The Bertz CT molecular complexity index is 376. The monoisotopic (exact) mass is 244 g/mol. The third kappa shape index (κ3) is 2.60. The molecule has 0 aromatic heterocycles. The zero-order chi connectivity index (χ0) is 12.4. The van der Waals surface area contributed by atoms with Crippen molar-refractivity contribution in [2.45, 2.75) is 31.1 Å². The Morgan fingerprint density at radius 2 is 1.78 bits per heavy atom. The molecule has 1 unspecified atom stereocenters. The SMILES string of the molecule is CN1CCC(c2cccc(C3CCNCC3)c2)C1. The van der Waals surface area contributed by atoms with Crippen LogP contribution in [-0.2, 0) is 0 Å². The first-order chi connectivity index (χ1) is 8.83. The zero-order valence-corrected chi connectivity index (χ0v) is 11.4. The molecule has 1 N–H and O–H groups in total. The van der Waals surface area contributed by atoms with Crippen molar-refractivity contribution in [1.82, 2.24) is 10.2 Å². The van der Waals surface area contributed by atoms with Crippen molar-refractivity contribution in [2.24, 2.45) is 0 Å². The molecule has 2 heteroatoms. The number of piperidine rings is 1.